The normalized spacial score (nSPS) is 9.70. The molecule has 1 N–H and O–H groups in total. The first-order valence-corrected chi connectivity index (χ1v) is 6.36. The van der Waals surface area contributed by atoms with E-state index in [1.807, 2.05) is 37.4 Å². The summed E-state index contributed by atoms with van der Waals surface area (Å²) in [6, 6.07) is 9.80. The minimum Gasteiger partial charge on any atom is -0.345 e. The van der Waals surface area contributed by atoms with Crippen molar-refractivity contribution in [3.8, 4) is 23.2 Å². The van der Waals surface area contributed by atoms with Gasteiger partial charge in [0, 0.05) is 25.6 Å². The molecule has 0 aliphatic carbocycles. The molecule has 0 atom stereocenters. The van der Waals surface area contributed by atoms with Crippen molar-refractivity contribution in [3.05, 3.63) is 36.2 Å². The van der Waals surface area contributed by atoms with E-state index in [-0.39, 0.29) is 5.91 Å². The third-order valence-electron chi connectivity index (χ3n) is 2.76. The Morgan fingerprint density at radius 1 is 1.35 bits per heavy atom. The molecule has 0 radical (unpaired) electrons. The predicted octanol–water partition coefficient (Wildman–Crippen LogP) is 1.16. The fourth-order valence-electron chi connectivity index (χ4n) is 1.79. The summed E-state index contributed by atoms with van der Waals surface area (Å²) in [5.74, 6) is 6.25. The molecule has 2 rings (SSSR count). The number of nitrogens with one attached hydrogen (secondary N) is 1. The molecule has 1 aromatic heterocycles. The molecule has 0 aliphatic rings. The SMILES string of the molecule is CC#CC(=O)NCCc1nc(-c2ccccc2)nn1C. The summed E-state index contributed by atoms with van der Waals surface area (Å²) >= 11 is 0. The van der Waals surface area contributed by atoms with E-state index in [4.69, 9.17) is 0 Å². The van der Waals surface area contributed by atoms with Gasteiger partial charge in [0.25, 0.3) is 5.91 Å². The first-order valence-electron chi connectivity index (χ1n) is 6.36. The van der Waals surface area contributed by atoms with Gasteiger partial charge < -0.3 is 5.32 Å². The number of nitrogens with zero attached hydrogens (tertiary/aromatic N) is 3. The van der Waals surface area contributed by atoms with Crippen LogP contribution in [0.5, 0.6) is 0 Å². The number of hydrogen-bond acceptors (Lipinski definition) is 3. The van der Waals surface area contributed by atoms with Crippen LogP contribution in [-0.2, 0) is 18.3 Å². The maximum absolute atomic E-state index is 11.2. The zero-order chi connectivity index (χ0) is 14.4. The van der Waals surface area contributed by atoms with Crippen LogP contribution < -0.4 is 5.32 Å². The Labute approximate surface area is 118 Å². The van der Waals surface area contributed by atoms with Crippen LogP contribution in [0, 0.1) is 11.8 Å². The van der Waals surface area contributed by atoms with E-state index in [0.29, 0.717) is 18.8 Å². The Balaban J connectivity index is 2.01. The van der Waals surface area contributed by atoms with Gasteiger partial charge in [-0.15, -0.1) is 0 Å². The van der Waals surface area contributed by atoms with E-state index in [1.54, 1.807) is 11.6 Å². The summed E-state index contributed by atoms with van der Waals surface area (Å²) in [7, 11) is 1.85. The molecule has 5 nitrogen and oxygen atoms in total. The highest BCUT2D eigenvalue weighted by molar-refractivity contribution is 5.93. The molecule has 0 bridgehead atoms. The average Bonchev–Trinajstić information content (AvgIpc) is 2.82. The molecule has 0 aliphatic heterocycles. The van der Waals surface area contributed by atoms with Crippen molar-refractivity contribution in [1.82, 2.24) is 20.1 Å². The van der Waals surface area contributed by atoms with Gasteiger partial charge in [0.05, 0.1) is 0 Å². The smallest absolute Gasteiger partial charge is 0.295 e. The topological polar surface area (TPSA) is 59.8 Å². The van der Waals surface area contributed by atoms with Crippen molar-refractivity contribution in [1.29, 1.82) is 0 Å². The van der Waals surface area contributed by atoms with Crippen molar-refractivity contribution in [2.45, 2.75) is 13.3 Å². The number of aryl methyl sites for hydroxylation is 1. The molecular formula is C15H16N4O. The van der Waals surface area contributed by atoms with Gasteiger partial charge in [-0.1, -0.05) is 36.3 Å². The fourth-order valence-corrected chi connectivity index (χ4v) is 1.79. The van der Waals surface area contributed by atoms with Crippen LogP contribution >= 0.6 is 0 Å². The second kappa shape index (κ2) is 6.53. The van der Waals surface area contributed by atoms with Crippen LogP contribution in [0.15, 0.2) is 30.3 Å². The highest BCUT2D eigenvalue weighted by Gasteiger charge is 2.08. The van der Waals surface area contributed by atoms with E-state index >= 15 is 0 Å². The molecule has 0 saturated heterocycles. The van der Waals surface area contributed by atoms with Gasteiger partial charge in [-0.25, -0.2) is 4.98 Å². The quantitative estimate of drug-likeness (QED) is 0.847. The molecule has 1 aromatic carbocycles. The second-order valence-electron chi connectivity index (χ2n) is 4.22. The molecule has 0 spiro atoms. The summed E-state index contributed by atoms with van der Waals surface area (Å²) in [5, 5.41) is 7.09. The molecule has 1 amide bonds. The van der Waals surface area contributed by atoms with Gasteiger partial charge in [-0.2, -0.15) is 5.10 Å². The minimum atomic E-state index is -0.266. The molecule has 0 saturated carbocycles. The highest BCUT2D eigenvalue weighted by atomic mass is 16.1. The summed E-state index contributed by atoms with van der Waals surface area (Å²) in [6.07, 6.45) is 0.619. The van der Waals surface area contributed by atoms with Crippen LogP contribution in [0.2, 0.25) is 0 Å². The Morgan fingerprint density at radius 3 is 2.80 bits per heavy atom. The second-order valence-corrected chi connectivity index (χ2v) is 4.22. The summed E-state index contributed by atoms with van der Waals surface area (Å²) in [6.45, 7) is 2.13. The number of rotatable bonds is 4. The van der Waals surface area contributed by atoms with Crippen molar-refractivity contribution in [2.24, 2.45) is 7.05 Å². The fraction of sp³-hybridized carbons (Fsp3) is 0.267. The molecular weight excluding hydrogens is 252 g/mol. The number of aromatic nitrogens is 3. The number of hydrogen-bond donors (Lipinski definition) is 1. The van der Waals surface area contributed by atoms with Crippen molar-refractivity contribution in [2.75, 3.05) is 6.54 Å². The zero-order valence-electron chi connectivity index (χ0n) is 11.6. The van der Waals surface area contributed by atoms with Crippen LogP contribution in [0.25, 0.3) is 11.4 Å². The Kier molecular flexibility index (Phi) is 4.51. The molecule has 1 heterocycles. The molecule has 102 valence electrons. The van der Waals surface area contributed by atoms with Crippen LogP contribution in [0.3, 0.4) is 0 Å². The van der Waals surface area contributed by atoms with E-state index in [1.165, 1.54) is 0 Å². The van der Waals surface area contributed by atoms with E-state index in [9.17, 15) is 4.79 Å². The summed E-state index contributed by atoms with van der Waals surface area (Å²) < 4.78 is 1.74. The van der Waals surface area contributed by atoms with Gasteiger partial charge >= 0.3 is 0 Å². The molecule has 2 aromatic rings. The minimum absolute atomic E-state index is 0.266. The lowest BCUT2D eigenvalue weighted by atomic mass is 10.2. The third kappa shape index (κ3) is 3.45. The molecule has 0 fully saturated rings. The molecule has 20 heavy (non-hydrogen) atoms. The Bertz CT molecular complexity index is 650. The summed E-state index contributed by atoms with van der Waals surface area (Å²) in [5.41, 5.74) is 0.982. The number of amides is 1. The standard InChI is InChI=1S/C15H16N4O/c1-3-7-14(20)16-11-10-13-17-15(18-19(13)2)12-8-5-4-6-9-12/h4-6,8-9H,10-11H2,1-2H3,(H,16,20). The van der Waals surface area contributed by atoms with E-state index in [2.05, 4.69) is 27.2 Å². The van der Waals surface area contributed by atoms with Crippen molar-refractivity contribution < 1.29 is 4.79 Å². The van der Waals surface area contributed by atoms with Crippen LogP contribution in [0.4, 0.5) is 0 Å². The van der Waals surface area contributed by atoms with Crippen LogP contribution in [-0.4, -0.2) is 27.2 Å². The van der Waals surface area contributed by atoms with Gasteiger partial charge in [0.15, 0.2) is 5.82 Å². The predicted molar refractivity (Wildman–Crippen MR) is 76.6 cm³/mol. The maximum Gasteiger partial charge on any atom is 0.295 e. The molecule has 0 unspecified atom stereocenters. The average molecular weight is 268 g/mol. The first kappa shape index (κ1) is 13.8. The first-order chi connectivity index (χ1) is 9.70. The monoisotopic (exact) mass is 268 g/mol. The third-order valence-corrected chi connectivity index (χ3v) is 2.76. The van der Waals surface area contributed by atoms with Gasteiger partial charge in [-0.3, -0.25) is 9.48 Å². The lowest BCUT2D eigenvalue weighted by Gasteiger charge is -2.00. The van der Waals surface area contributed by atoms with E-state index in [0.717, 1.165) is 11.4 Å². The number of carbonyl (C=O) groups is 1. The largest absolute Gasteiger partial charge is 0.345 e. The van der Waals surface area contributed by atoms with E-state index < -0.39 is 0 Å². The highest BCUT2D eigenvalue weighted by Crippen LogP contribution is 2.14. The lowest BCUT2D eigenvalue weighted by molar-refractivity contribution is -0.115. The Morgan fingerprint density at radius 2 is 2.10 bits per heavy atom. The number of carbonyl (C=O) groups excluding carboxylic acids is 1. The van der Waals surface area contributed by atoms with Crippen molar-refractivity contribution in [3.63, 3.8) is 0 Å². The summed E-state index contributed by atoms with van der Waals surface area (Å²) in [4.78, 5) is 15.7. The van der Waals surface area contributed by atoms with Gasteiger partial charge in [0.2, 0.25) is 0 Å². The van der Waals surface area contributed by atoms with Crippen LogP contribution in [0.1, 0.15) is 12.7 Å². The zero-order valence-corrected chi connectivity index (χ0v) is 11.6. The lowest BCUT2D eigenvalue weighted by Crippen LogP contribution is -2.24. The van der Waals surface area contributed by atoms with Crippen molar-refractivity contribution >= 4 is 5.91 Å². The maximum atomic E-state index is 11.2. The van der Waals surface area contributed by atoms with Gasteiger partial charge in [0.1, 0.15) is 5.82 Å². The number of benzene rings is 1. The Hall–Kier alpha value is -2.61. The molecule has 5 heteroatoms. The van der Waals surface area contributed by atoms with Gasteiger partial charge in [-0.05, 0) is 12.8 Å².